The van der Waals surface area contributed by atoms with E-state index in [1.807, 2.05) is 30.3 Å². The van der Waals surface area contributed by atoms with Crippen molar-refractivity contribution in [3.8, 4) is 0 Å². The molecule has 0 bridgehead atoms. The van der Waals surface area contributed by atoms with Gasteiger partial charge in [-0.25, -0.2) is 0 Å². The van der Waals surface area contributed by atoms with Gasteiger partial charge in [0, 0.05) is 19.7 Å². The number of hydrogen-bond acceptors (Lipinski definition) is 4. The molecule has 0 aliphatic carbocycles. The van der Waals surface area contributed by atoms with Gasteiger partial charge in [0.1, 0.15) is 5.84 Å². The highest BCUT2D eigenvalue weighted by atomic mass is 16.5. The van der Waals surface area contributed by atoms with Gasteiger partial charge in [0.25, 0.3) is 0 Å². The molecule has 1 aliphatic rings. The molecule has 0 radical (unpaired) electrons. The maximum Gasteiger partial charge on any atom is 0.147 e. The van der Waals surface area contributed by atoms with Crippen molar-refractivity contribution in [3.05, 3.63) is 35.9 Å². The van der Waals surface area contributed by atoms with Crippen molar-refractivity contribution >= 4 is 5.84 Å². The van der Waals surface area contributed by atoms with Gasteiger partial charge in [0.15, 0.2) is 0 Å². The van der Waals surface area contributed by atoms with Crippen molar-refractivity contribution in [2.45, 2.75) is 31.8 Å². The van der Waals surface area contributed by atoms with E-state index >= 15 is 0 Å². The second kappa shape index (κ2) is 8.00. The van der Waals surface area contributed by atoms with Gasteiger partial charge in [0.2, 0.25) is 0 Å². The normalized spacial score (nSPS) is 24.1. The first-order valence-electron chi connectivity index (χ1n) is 7.61. The van der Waals surface area contributed by atoms with Gasteiger partial charge in [-0.05, 0) is 24.3 Å². The lowest BCUT2D eigenvalue weighted by Gasteiger charge is -2.20. The summed E-state index contributed by atoms with van der Waals surface area (Å²) in [5, 5.41) is 15.6. The lowest BCUT2D eigenvalue weighted by Crippen LogP contribution is -2.35. The summed E-state index contributed by atoms with van der Waals surface area (Å²) in [4.78, 5) is 0. The lowest BCUT2D eigenvalue weighted by molar-refractivity contribution is 0.0873. The van der Waals surface area contributed by atoms with Crippen LogP contribution in [0, 0.1) is 5.92 Å². The van der Waals surface area contributed by atoms with Crippen LogP contribution in [-0.4, -0.2) is 36.8 Å². The van der Waals surface area contributed by atoms with E-state index in [0.717, 1.165) is 31.6 Å². The second-order valence-electron chi connectivity index (χ2n) is 5.51. The fourth-order valence-electron chi connectivity index (χ4n) is 2.94. The molecule has 1 saturated heterocycles. The summed E-state index contributed by atoms with van der Waals surface area (Å²) in [5.74, 6) is 0.681. The summed E-state index contributed by atoms with van der Waals surface area (Å²) in [6.07, 6.45) is 2.51. The molecule has 3 unspecified atom stereocenters. The van der Waals surface area contributed by atoms with Crippen LogP contribution in [0.5, 0.6) is 0 Å². The van der Waals surface area contributed by atoms with Gasteiger partial charge in [-0.15, -0.1) is 0 Å². The number of nitrogens with two attached hydrogens (primary N) is 1. The predicted octanol–water partition coefficient (Wildman–Crippen LogP) is 1.92. The van der Waals surface area contributed by atoms with Crippen LogP contribution in [0.25, 0.3) is 0 Å². The third-order valence-electron chi connectivity index (χ3n) is 4.18. The van der Waals surface area contributed by atoms with Gasteiger partial charge < -0.3 is 21.0 Å². The van der Waals surface area contributed by atoms with Crippen LogP contribution >= 0.6 is 0 Å². The largest absolute Gasteiger partial charge is 0.409 e. The molecule has 1 fully saturated rings. The van der Waals surface area contributed by atoms with Crippen molar-refractivity contribution in [2.75, 3.05) is 19.7 Å². The van der Waals surface area contributed by atoms with Gasteiger partial charge in [-0.3, -0.25) is 0 Å². The summed E-state index contributed by atoms with van der Waals surface area (Å²) in [5.41, 5.74) is 6.88. The van der Waals surface area contributed by atoms with Gasteiger partial charge >= 0.3 is 0 Å². The van der Waals surface area contributed by atoms with E-state index in [4.69, 9.17) is 15.7 Å². The SMILES string of the molecule is CCC1OCCC1CNCC(/C(N)=N/O)c1ccccc1. The molecule has 116 valence electrons. The van der Waals surface area contributed by atoms with Gasteiger partial charge in [-0.2, -0.15) is 0 Å². The van der Waals surface area contributed by atoms with E-state index < -0.39 is 0 Å². The molecule has 5 nitrogen and oxygen atoms in total. The van der Waals surface area contributed by atoms with E-state index in [9.17, 15) is 0 Å². The standard InChI is InChI=1S/C16H25N3O2/c1-2-15-13(8-9-21-15)10-18-11-14(16(17)19-20)12-6-4-3-5-7-12/h3-7,13-15,18,20H,2,8-11H2,1H3,(H2,17,19). The lowest BCUT2D eigenvalue weighted by atomic mass is 9.96. The maximum atomic E-state index is 8.97. The van der Waals surface area contributed by atoms with Crippen LogP contribution in [0.3, 0.4) is 0 Å². The molecular weight excluding hydrogens is 266 g/mol. The number of amidine groups is 1. The average molecular weight is 291 g/mol. The molecule has 0 amide bonds. The Labute approximate surface area is 126 Å². The Bertz CT molecular complexity index is 450. The molecule has 5 heteroatoms. The Kier molecular flexibility index (Phi) is 6.02. The first kappa shape index (κ1) is 15.8. The van der Waals surface area contributed by atoms with Crippen molar-refractivity contribution in [3.63, 3.8) is 0 Å². The molecule has 21 heavy (non-hydrogen) atoms. The summed E-state index contributed by atoms with van der Waals surface area (Å²) < 4.78 is 5.70. The zero-order valence-electron chi connectivity index (χ0n) is 12.5. The molecule has 0 saturated carbocycles. The maximum absolute atomic E-state index is 8.97. The Morgan fingerprint density at radius 1 is 1.48 bits per heavy atom. The van der Waals surface area contributed by atoms with Crippen LogP contribution in [0.4, 0.5) is 0 Å². The number of ether oxygens (including phenoxy) is 1. The number of rotatable bonds is 7. The van der Waals surface area contributed by atoms with Crippen molar-refractivity contribution in [2.24, 2.45) is 16.8 Å². The van der Waals surface area contributed by atoms with Crippen LogP contribution in [-0.2, 0) is 4.74 Å². The van der Waals surface area contributed by atoms with E-state index in [2.05, 4.69) is 17.4 Å². The minimum absolute atomic E-state index is 0.112. The third kappa shape index (κ3) is 4.19. The zero-order chi connectivity index (χ0) is 15.1. The predicted molar refractivity (Wildman–Crippen MR) is 83.6 cm³/mol. The molecule has 1 heterocycles. The van der Waals surface area contributed by atoms with E-state index in [-0.39, 0.29) is 11.8 Å². The Hall–Kier alpha value is -1.59. The summed E-state index contributed by atoms with van der Waals surface area (Å²) in [7, 11) is 0. The topological polar surface area (TPSA) is 79.9 Å². The summed E-state index contributed by atoms with van der Waals surface area (Å²) in [6.45, 7) is 4.58. The Balaban J connectivity index is 1.91. The number of nitrogens with zero attached hydrogens (tertiary/aromatic N) is 1. The van der Waals surface area contributed by atoms with E-state index in [1.54, 1.807) is 0 Å². The monoisotopic (exact) mass is 291 g/mol. The number of hydrogen-bond donors (Lipinski definition) is 3. The molecule has 1 aromatic rings. The van der Waals surface area contributed by atoms with Gasteiger partial charge in [0.05, 0.1) is 12.0 Å². The van der Waals surface area contributed by atoms with Gasteiger partial charge in [-0.1, -0.05) is 42.4 Å². The van der Waals surface area contributed by atoms with Crippen molar-refractivity contribution in [1.82, 2.24) is 5.32 Å². The molecule has 2 rings (SSSR count). The van der Waals surface area contributed by atoms with E-state index in [0.29, 0.717) is 18.6 Å². The van der Waals surface area contributed by atoms with Crippen LogP contribution in [0.15, 0.2) is 35.5 Å². The minimum Gasteiger partial charge on any atom is -0.409 e. The smallest absolute Gasteiger partial charge is 0.147 e. The van der Waals surface area contributed by atoms with Crippen LogP contribution < -0.4 is 11.1 Å². The molecular formula is C16H25N3O2. The molecule has 4 N–H and O–H groups in total. The molecule has 0 spiro atoms. The summed E-state index contributed by atoms with van der Waals surface area (Å²) in [6, 6.07) is 9.88. The number of oxime groups is 1. The number of benzene rings is 1. The molecule has 0 aromatic heterocycles. The Morgan fingerprint density at radius 2 is 2.24 bits per heavy atom. The molecule has 1 aromatic carbocycles. The highest BCUT2D eigenvalue weighted by molar-refractivity contribution is 5.87. The zero-order valence-corrected chi connectivity index (χ0v) is 12.5. The fourth-order valence-corrected chi connectivity index (χ4v) is 2.94. The fraction of sp³-hybridized carbons (Fsp3) is 0.562. The number of nitrogens with one attached hydrogen (secondary N) is 1. The first-order valence-corrected chi connectivity index (χ1v) is 7.61. The van der Waals surface area contributed by atoms with E-state index in [1.165, 1.54) is 0 Å². The van der Waals surface area contributed by atoms with Crippen molar-refractivity contribution in [1.29, 1.82) is 0 Å². The quantitative estimate of drug-likeness (QED) is 0.310. The minimum atomic E-state index is -0.112. The molecule has 1 aliphatic heterocycles. The summed E-state index contributed by atoms with van der Waals surface area (Å²) >= 11 is 0. The first-order chi connectivity index (χ1) is 10.3. The highest BCUT2D eigenvalue weighted by Gasteiger charge is 2.26. The second-order valence-corrected chi connectivity index (χ2v) is 5.51. The van der Waals surface area contributed by atoms with Crippen molar-refractivity contribution < 1.29 is 9.94 Å². The highest BCUT2D eigenvalue weighted by Crippen LogP contribution is 2.23. The Morgan fingerprint density at radius 3 is 2.90 bits per heavy atom. The average Bonchev–Trinajstić information content (AvgIpc) is 2.99. The molecule has 3 atom stereocenters. The van der Waals surface area contributed by atoms with Crippen LogP contribution in [0.1, 0.15) is 31.2 Å². The van der Waals surface area contributed by atoms with Crippen LogP contribution in [0.2, 0.25) is 0 Å². The third-order valence-corrected chi connectivity index (χ3v) is 4.18.